The lowest BCUT2D eigenvalue weighted by Gasteiger charge is -2.17. The monoisotopic (exact) mass is 438 g/mol. The number of nitrogens with zero attached hydrogens (tertiary/aromatic N) is 4. The molecule has 0 N–H and O–H groups in total. The van der Waals surface area contributed by atoms with E-state index in [2.05, 4.69) is 9.97 Å². The van der Waals surface area contributed by atoms with Gasteiger partial charge in [-0.25, -0.2) is 9.37 Å². The Labute approximate surface area is 174 Å². The number of pyridine rings is 1. The molecule has 10 heteroatoms. The molecule has 0 spiro atoms. The molecule has 5 nitrogen and oxygen atoms in total. The van der Waals surface area contributed by atoms with Crippen LogP contribution in [0.25, 0.3) is 11.4 Å². The third kappa shape index (κ3) is 4.64. The molecular formula is C20H18F4N4OS. The zero-order valence-corrected chi connectivity index (χ0v) is 17.2. The van der Waals surface area contributed by atoms with Crippen LogP contribution in [0.1, 0.15) is 16.1 Å². The lowest BCUT2D eigenvalue weighted by atomic mass is 10.1. The van der Waals surface area contributed by atoms with Gasteiger partial charge in [0.15, 0.2) is 0 Å². The molecule has 1 amide bonds. The minimum atomic E-state index is -4.34. The van der Waals surface area contributed by atoms with Crippen molar-refractivity contribution in [2.24, 2.45) is 7.05 Å². The lowest BCUT2D eigenvalue weighted by Crippen LogP contribution is -2.28. The summed E-state index contributed by atoms with van der Waals surface area (Å²) in [5.74, 6) is -1.95. The van der Waals surface area contributed by atoms with Gasteiger partial charge in [-0.3, -0.25) is 9.78 Å². The van der Waals surface area contributed by atoms with E-state index in [4.69, 9.17) is 0 Å². The Kier molecular flexibility index (Phi) is 6.16. The highest BCUT2D eigenvalue weighted by atomic mass is 32.2. The maximum atomic E-state index is 14.6. The van der Waals surface area contributed by atoms with E-state index < -0.39 is 17.7 Å². The number of amides is 1. The normalized spacial score (nSPS) is 11.6. The minimum absolute atomic E-state index is 0.0239. The predicted octanol–water partition coefficient (Wildman–Crippen LogP) is 4.86. The van der Waals surface area contributed by atoms with Crippen molar-refractivity contribution in [2.75, 3.05) is 17.7 Å². The van der Waals surface area contributed by atoms with Gasteiger partial charge in [-0.2, -0.15) is 13.2 Å². The first-order valence-corrected chi connectivity index (χ1v) is 9.77. The van der Waals surface area contributed by atoms with Crippen molar-refractivity contribution in [1.82, 2.24) is 14.5 Å². The van der Waals surface area contributed by atoms with Crippen molar-refractivity contribution in [2.45, 2.75) is 18.0 Å². The summed E-state index contributed by atoms with van der Waals surface area (Å²) < 4.78 is 53.8. The first kappa shape index (κ1) is 21.8. The SMILES string of the molecule is Cc1cc(F)c(-c2ncc(C(=O)N(C)c3cccnc3)n2C)cc1SCC(F)(F)F. The van der Waals surface area contributed by atoms with Crippen LogP contribution in [-0.4, -0.2) is 39.4 Å². The summed E-state index contributed by atoms with van der Waals surface area (Å²) in [6.07, 6.45) is 0.0786. The summed E-state index contributed by atoms with van der Waals surface area (Å²) >= 11 is 0.582. The Hall–Kier alpha value is -2.88. The van der Waals surface area contributed by atoms with E-state index in [0.717, 1.165) is 0 Å². The fraction of sp³-hybridized carbons (Fsp3) is 0.250. The van der Waals surface area contributed by atoms with E-state index in [1.807, 2.05) is 0 Å². The molecule has 0 saturated carbocycles. The van der Waals surface area contributed by atoms with Gasteiger partial charge in [0.05, 0.1) is 29.4 Å². The quantitative estimate of drug-likeness (QED) is 0.422. The van der Waals surface area contributed by atoms with E-state index in [-0.39, 0.29) is 23.0 Å². The summed E-state index contributed by atoms with van der Waals surface area (Å²) in [5.41, 5.74) is 1.18. The number of benzene rings is 1. The number of hydrogen-bond donors (Lipinski definition) is 0. The summed E-state index contributed by atoms with van der Waals surface area (Å²) in [5, 5.41) is 0. The third-order valence-corrected chi connectivity index (χ3v) is 5.66. The Morgan fingerprint density at radius 3 is 2.63 bits per heavy atom. The number of halogens is 4. The van der Waals surface area contributed by atoms with Crippen LogP contribution < -0.4 is 4.90 Å². The Bertz CT molecular complexity index is 1070. The fourth-order valence-corrected chi connectivity index (χ4v) is 3.65. The average Bonchev–Trinajstić information content (AvgIpc) is 3.07. The van der Waals surface area contributed by atoms with Crippen molar-refractivity contribution < 1.29 is 22.4 Å². The summed E-state index contributed by atoms with van der Waals surface area (Å²) in [6, 6.07) is 5.91. The number of thioether (sulfide) groups is 1. The van der Waals surface area contributed by atoms with E-state index >= 15 is 0 Å². The van der Waals surface area contributed by atoms with Crippen LogP contribution in [0.15, 0.2) is 47.8 Å². The molecule has 0 aliphatic heterocycles. The topological polar surface area (TPSA) is 51.0 Å². The van der Waals surface area contributed by atoms with Crippen LogP contribution in [0.3, 0.4) is 0 Å². The zero-order chi connectivity index (χ0) is 22.1. The number of carbonyl (C=O) groups is 1. The Morgan fingerprint density at radius 1 is 1.27 bits per heavy atom. The van der Waals surface area contributed by atoms with Crippen LogP contribution in [0.4, 0.5) is 23.2 Å². The average molecular weight is 438 g/mol. The van der Waals surface area contributed by atoms with Gasteiger partial charge in [0, 0.05) is 25.2 Å². The molecule has 1 aromatic carbocycles. The standard InChI is InChI=1S/C20H18F4N4OS/c1-12-7-15(21)14(8-17(12)30-11-20(22,23)24)18-26-10-16(28(18)3)19(29)27(2)13-5-4-6-25-9-13/h4-10H,11H2,1-3H3. The second kappa shape index (κ2) is 8.47. The molecule has 0 saturated heterocycles. The second-order valence-corrected chi connectivity index (χ2v) is 7.62. The lowest BCUT2D eigenvalue weighted by molar-refractivity contribution is -0.105. The van der Waals surface area contributed by atoms with Gasteiger partial charge in [0.2, 0.25) is 0 Å². The Balaban J connectivity index is 1.94. The molecule has 0 bridgehead atoms. The van der Waals surface area contributed by atoms with E-state index in [0.29, 0.717) is 27.9 Å². The van der Waals surface area contributed by atoms with Gasteiger partial charge in [-0.15, -0.1) is 11.8 Å². The van der Waals surface area contributed by atoms with Crippen molar-refractivity contribution in [3.8, 4) is 11.4 Å². The summed E-state index contributed by atoms with van der Waals surface area (Å²) in [7, 11) is 3.12. The molecule has 0 atom stereocenters. The fourth-order valence-electron chi connectivity index (χ4n) is 2.84. The van der Waals surface area contributed by atoms with E-state index in [9.17, 15) is 22.4 Å². The van der Waals surface area contributed by atoms with Crippen LogP contribution in [0.2, 0.25) is 0 Å². The Morgan fingerprint density at radius 2 is 2.00 bits per heavy atom. The summed E-state index contributed by atoms with van der Waals surface area (Å²) in [4.78, 5) is 22.6. The van der Waals surface area contributed by atoms with Gasteiger partial charge in [0.1, 0.15) is 17.3 Å². The van der Waals surface area contributed by atoms with Crippen LogP contribution in [-0.2, 0) is 7.05 Å². The van der Waals surface area contributed by atoms with Gasteiger partial charge in [-0.1, -0.05) is 0 Å². The van der Waals surface area contributed by atoms with Gasteiger partial charge in [0.25, 0.3) is 5.91 Å². The molecule has 30 heavy (non-hydrogen) atoms. The van der Waals surface area contributed by atoms with Gasteiger partial charge < -0.3 is 9.47 Å². The van der Waals surface area contributed by atoms with Crippen molar-refractivity contribution >= 4 is 23.4 Å². The second-order valence-electron chi connectivity index (χ2n) is 6.60. The van der Waals surface area contributed by atoms with Crippen LogP contribution in [0, 0.1) is 12.7 Å². The molecule has 2 heterocycles. The van der Waals surface area contributed by atoms with E-state index in [1.165, 1.54) is 34.0 Å². The molecule has 0 fully saturated rings. The third-order valence-electron chi connectivity index (χ3n) is 4.44. The maximum absolute atomic E-state index is 14.6. The van der Waals surface area contributed by atoms with Crippen molar-refractivity contribution in [1.29, 1.82) is 0 Å². The van der Waals surface area contributed by atoms with Crippen LogP contribution in [0.5, 0.6) is 0 Å². The highest BCUT2D eigenvalue weighted by Crippen LogP contribution is 2.34. The van der Waals surface area contributed by atoms with Crippen molar-refractivity contribution in [3.63, 3.8) is 0 Å². The number of anilines is 1. The minimum Gasteiger partial charge on any atom is -0.323 e. The first-order valence-electron chi connectivity index (χ1n) is 8.78. The molecule has 2 aromatic heterocycles. The highest BCUT2D eigenvalue weighted by Gasteiger charge is 2.28. The van der Waals surface area contributed by atoms with Crippen molar-refractivity contribution in [3.05, 3.63) is 59.9 Å². The number of hydrogen-bond acceptors (Lipinski definition) is 4. The number of carbonyl (C=O) groups excluding carboxylic acids is 1. The summed E-state index contributed by atoms with van der Waals surface area (Å²) in [6.45, 7) is 1.54. The molecule has 0 aliphatic rings. The highest BCUT2D eigenvalue weighted by molar-refractivity contribution is 7.99. The smallest absolute Gasteiger partial charge is 0.323 e. The number of imidazole rings is 1. The largest absolute Gasteiger partial charge is 0.398 e. The predicted molar refractivity (Wildman–Crippen MR) is 107 cm³/mol. The molecule has 3 aromatic rings. The maximum Gasteiger partial charge on any atom is 0.398 e. The molecule has 3 rings (SSSR count). The molecular weight excluding hydrogens is 420 g/mol. The number of rotatable bonds is 5. The zero-order valence-electron chi connectivity index (χ0n) is 16.4. The van der Waals surface area contributed by atoms with E-state index in [1.54, 1.807) is 39.3 Å². The number of aryl methyl sites for hydroxylation is 1. The van der Waals surface area contributed by atoms with Gasteiger partial charge in [-0.05, 0) is 36.8 Å². The first-order chi connectivity index (χ1) is 14.1. The number of alkyl halides is 3. The van der Waals surface area contributed by atoms with Crippen LogP contribution >= 0.6 is 11.8 Å². The molecule has 0 radical (unpaired) electrons. The van der Waals surface area contributed by atoms with Gasteiger partial charge >= 0.3 is 6.18 Å². The molecule has 0 aliphatic carbocycles. The molecule has 158 valence electrons. The number of aromatic nitrogens is 3. The molecule has 0 unspecified atom stereocenters.